The van der Waals surface area contributed by atoms with Crippen LogP contribution in [0.1, 0.15) is 19.8 Å². The first kappa shape index (κ1) is 10.9. The van der Waals surface area contributed by atoms with Crippen LogP contribution in [0.3, 0.4) is 0 Å². The summed E-state index contributed by atoms with van der Waals surface area (Å²) >= 11 is 0. The van der Waals surface area contributed by atoms with Gasteiger partial charge in [-0.1, -0.05) is 13.3 Å². The third-order valence-corrected chi connectivity index (χ3v) is 1.82. The molecule has 14 heavy (non-hydrogen) atoms. The molecule has 0 aromatic rings. The van der Waals surface area contributed by atoms with E-state index in [0.29, 0.717) is 6.61 Å². The summed E-state index contributed by atoms with van der Waals surface area (Å²) in [5.41, 5.74) is 0. The van der Waals surface area contributed by atoms with Crippen LogP contribution in [0.4, 0.5) is 9.18 Å². The Morgan fingerprint density at radius 2 is 2.21 bits per heavy atom. The van der Waals surface area contributed by atoms with Crippen molar-refractivity contribution < 1.29 is 18.7 Å². The highest BCUT2D eigenvalue weighted by atomic mass is 19.1. The third-order valence-electron chi connectivity index (χ3n) is 1.82. The molecule has 1 aliphatic heterocycles. The van der Waals surface area contributed by atoms with E-state index in [1.165, 1.54) is 0 Å². The third kappa shape index (κ3) is 2.66. The quantitative estimate of drug-likeness (QED) is 0.647. The Balaban J connectivity index is 2.41. The molecule has 5 nitrogen and oxygen atoms in total. The number of carbonyl (C=O) groups is 2. The molecule has 3 amide bonds. The lowest BCUT2D eigenvalue weighted by Gasteiger charge is -2.26. The van der Waals surface area contributed by atoms with Crippen LogP contribution in [0.25, 0.3) is 0 Å². The van der Waals surface area contributed by atoms with Crippen molar-refractivity contribution in [1.29, 1.82) is 0 Å². The van der Waals surface area contributed by atoms with Gasteiger partial charge in [0.2, 0.25) is 6.17 Å². The first-order valence-electron chi connectivity index (χ1n) is 4.52. The minimum absolute atomic E-state index is 0.329. The number of urea groups is 1. The number of alkyl halides is 1. The van der Waals surface area contributed by atoms with Gasteiger partial charge in [-0.3, -0.25) is 10.1 Å². The number of unbranched alkanes of at least 4 members (excludes halogenated alkanes) is 1. The molecule has 0 radical (unpaired) electrons. The topological polar surface area (TPSA) is 67.4 Å². The van der Waals surface area contributed by atoms with Crippen molar-refractivity contribution in [1.82, 2.24) is 10.6 Å². The Morgan fingerprint density at radius 1 is 1.50 bits per heavy atom. The van der Waals surface area contributed by atoms with Crippen molar-refractivity contribution in [3.63, 3.8) is 0 Å². The minimum Gasteiger partial charge on any atom is -0.355 e. The molecule has 0 bridgehead atoms. The van der Waals surface area contributed by atoms with Crippen molar-refractivity contribution in [3.05, 3.63) is 0 Å². The van der Waals surface area contributed by atoms with E-state index >= 15 is 0 Å². The van der Waals surface area contributed by atoms with Gasteiger partial charge in [0.1, 0.15) is 0 Å². The highest BCUT2D eigenvalue weighted by Crippen LogP contribution is 2.06. The van der Waals surface area contributed by atoms with E-state index in [-0.39, 0.29) is 0 Å². The lowest BCUT2D eigenvalue weighted by molar-refractivity contribution is -0.134. The van der Waals surface area contributed by atoms with Crippen LogP contribution >= 0.6 is 0 Å². The molecular formula is C8H13FN2O3. The van der Waals surface area contributed by atoms with E-state index in [1.54, 1.807) is 5.32 Å². The number of hydrogen-bond acceptors (Lipinski definition) is 3. The van der Waals surface area contributed by atoms with Gasteiger partial charge in [0, 0.05) is 6.61 Å². The van der Waals surface area contributed by atoms with Gasteiger partial charge < -0.3 is 10.1 Å². The first-order valence-corrected chi connectivity index (χ1v) is 4.52. The molecule has 1 heterocycles. The highest BCUT2D eigenvalue weighted by molar-refractivity contribution is 5.99. The molecule has 2 N–H and O–H groups in total. The van der Waals surface area contributed by atoms with Crippen molar-refractivity contribution in [3.8, 4) is 0 Å². The van der Waals surface area contributed by atoms with E-state index in [0.717, 1.165) is 12.8 Å². The molecule has 1 fully saturated rings. The Hall–Kier alpha value is -1.17. The van der Waals surface area contributed by atoms with Crippen LogP contribution in [0, 0.1) is 0 Å². The van der Waals surface area contributed by atoms with E-state index in [4.69, 9.17) is 4.74 Å². The molecule has 0 saturated carbocycles. The van der Waals surface area contributed by atoms with Crippen molar-refractivity contribution in [2.75, 3.05) is 6.61 Å². The molecular weight excluding hydrogens is 191 g/mol. The molecule has 1 aliphatic rings. The Labute approximate surface area is 81.0 Å². The summed E-state index contributed by atoms with van der Waals surface area (Å²) in [5.74, 6) is -0.949. The Morgan fingerprint density at radius 3 is 2.86 bits per heavy atom. The number of nitrogens with one attached hydrogen (secondary N) is 2. The molecule has 0 aromatic carbocycles. The van der Waals surface area contributed by atoms with E-state index in [9.17, 15) is 14.0 Å². The summed E-state index contributed by atoms with van der Waals surface area (Å²) in [5, 5.41) is 3.99. The normalized spacial score (nSPS) is 27.0. The maximum absolute atomic E-state index is 13.1. The first-order chi connectivity index (χ1) is 6.65. The molecule has 1 saturated heterocycles. The summed E-state index contributed by atoms with van der Waals surface area (Å²) in [6.07, 6.45) is -1.31. The van der Waals surface area contributed by atoms with E-state index < -0.39 is 24.3 Å². The fraction of sp³-hybridized carbons (Fsp3) is 0.750. The number of amides is 3. The second-order valence-electron chi connectivity index (χ2n) is 3.01. The zero-order valence-corrected chi connectivity index (χ0v) is 7.88. The number of imide groups is 1. The molecule has 0 aliphatic carbocycles. The fourth-order valence-electron chi connectivity index (χ4n) is 1.04. The van der Waals surface area contributed by atoms with Gasteiger partial charge >= 0.3 is 6.03 Å². The lowest BCUT2D eigenvalue weighted by atomic mass is 10.2. The highest BCUT2D eigenvalue weighted by Gasteiger charge is 2.36. The second kappa shape index (κ2) is 4.90. The number of rotatable bonds is 4. The summed E-state index contributed by atoms with van der Waals surface area (Å²) in [7, 11) is 0. The van der Waals surface area contributed by atoms with Gasteiger partial charge in [-0.15, -0.1) is 0 Å². The smallest absolute Gasteiger partial charge is 0.323 e. The largest absolute Gasteiger partial charge is 0.355 e. The molecule has 6 heteroatoms. The average Bonchev–Trinajstić information content (AvgIpc) is 2.13. The molecule has 2 atom stereocenters. The maximum atomic E-state index is 13.1. The molecule has 1 rings (SSSR count). The lowest BCUT2D eigenvalue weighted by Crippen LogP contribution is -2.60. The predicted octanol–water partition coefficient (Wildman–Crippen LogP) is 0.307. The van der Waals surface area contributed by atoms with Crippen LogP contribution in [-0.4, -0.2) is 30.9 Å². The zero-order valence-electron chi connectivity index (χ0n) is 7.88. The summed E-state index contributed by atoms with van der Waals surface area (Å²) in [6.45, 7) is 2.29. The number of hydrogen-bond donors (Lipinski definition) is 2. The summed E-state index contributed by atoms with van der Waals surface area (Å²) in [4.78, 5) is 21.6. The van der Waals surface area contributed by atoms with Gasteiger partial charge in [-0.2, -0.15) is 0 Å². The van der Waals surface area contributed by atoms with Crippen molar-refractivity contribution in [2.24, 2.45) is 0 Å². The van der Waals surface area contributed by atoms with Gasteiger partial charge in [-0.05, 0) is 6.42 Å². The Kier molecular flexibility index (Phi) is 3.82. The molecule has 0 unspecified atom stereocenters. The minimum atomic E-state index is -1.83. The van der Waals surface area contributed by atoms with Crippen molar-refractivity contribution in [2.45, 2.75) is 32.2 Å². The fourth-order valence-corrected chi connectivity index (χ4v) is 1.04. The van der Waals surface area contributed by atoms with Gasteiger partial charge in [0.15, 0.2) is 6.23 Å². The van der Waals surface area contributed by atoms with Crippen molar-refractivity contribution >= 4 is 11.9 Å². The maximum Gasteiger partial charge on any atom is 0.323 e. The zero-order chi connectivity index (χ0) is 10.6. The van der Waals surface area contributed by atoms with Gasteiger partial charge in [0.25, 0.3) is 5.91 Å². The molecule has 80 valence electrons. The summed E-state index contributed by atoms with van der Waals surface area (Å²) in [6, 6.07) is -0.717. The molecule has 0 spiro atoms. The number of carbonyl (C=O) groups excluding carboxylic acids is 2. The Bertz CT molecular complexity index is 235. The number of ether oxygens (including phenoxy) is 1. The summed E-state index contributed by atoms with van der Waals surface area (Å²) < 4.78 is 18.1. The second-order valence-corrected chi connectivity index (χ2v) is 3.01. The average molecular weight is 204 g/mol. The SMILES string of the molecule is CCCCO[C@@H]1NC(=O)NC(=O)[C@H]1F. The standard InChI is InChI=1S/C8H13FN2O3/c1-2-3-4-14-7-5(9)6(12)10-8(13)11-7/h5,7H,2-4H2,1H3,(H2,10,11,12,13)/t5-,7+/m1/s1. The van der Waals surface area contributed by atoms with E-state index in [2.05, 4.69) is 5.32 Å². The van der Waals surface area contributed by atoms with Gasteiger partial charge in [-0.25, -0.2) is 9.18 Å². The van der Waals surface area contributed by atoms with Crippen LogP contribution < -0.4 is 10.6 Å². The molecule has 0 aromatic heterocycles. The van der Waals surface area contributed by atoms with Crippen LogP contribution in [0.15, 0.2) is 0 Å². The van der Waals surface area contributed by atoms with Crippen LogP contribution in [0.5, 0.6) is 0 Å². The predicted molar refractivity (Wildman–Crippen MR) is 46.2 cm³/mol. The number of halogens is 1. The van der Waals surface area contributed by atoms with Crippen LogP contribution in [-0.2, 0) is 9.53 Å². The van der Waals surface area contributed by atoms with Crippen LogP contribution in [0.2, 0.25) is 0 Å². The monoisotopic (exact) mass is 204 g/mol. The van der Waals surface area contributed by atoms with Gasteiger partial charge in [0.05, 0.1) is 0 Å². The van der Waals surface area contributed by atoms with E-state index in [1.807, 2.05) is 6.92 Å².